The molecule has 0 radical (unpaired) electrons. The fourth-order valence-corrected chi connectivity index (χ4v) is 2.72. The first kappa shape index (κ1) is 14.4. The number of fused-ring (bicyclic) bond motifs is 1. The number of aromatic nitrogens is 1. The van der Waals surface area contributed by atoms with Crippen molar-refractivity contribution >= 4 is 16.8 Å². The van der Waals surface area contributed by atoms with Crippen LogP contribution in [0.15, 0.2) is 54.7 Å². The Hall–Kier alpha value is -2.55. The van der Waals surface area contributed by atoms with E-state index in [9.17, 15) is 4.79 Å². The van der Waals surface area contributed by atoms with Crippen LogP contribution >= 0.6 is 0 Å². The van der Waals surface area contributed by atoms with Gasteiger partial charge in [-0.05, 0) is 25.0 Å². The lowest BCUT2D eigenvalue weighted by Gasteiger charge is -2.17. The number of aromatic amines is 1. The second-order valence-electron chi connectivity index (χ2n) is 5.59. The molecule has 22 heavy (non-hydrogen) atoms. The van der Waals surface area contributed by atoms with E-state index in [-0.39, 0.29) is 11.9 Å². The molecule has 3 rings (SSSR count). The second-order valence-corrected chi connectivity index (χ2v) is 5.59. The summed E-state index contributed by atoms with van der Waals surface area (Å²) in [6, 6.07) is 16.2. The summed E-state index contributed by atoms with van der Waals surface area (Å²) in [6.07, 6.45) is 2.64. The van der Waals surface area contributed by atoms with Gasteiger partial charge < -0.3 is 10.3 Å². The SMILES string of the molecule is CCC(NC(=O)c1c[nH]c2ccccc12)c1ccc(C)cc1. The van der Waals surface area contributed by atoms with E-state index in [2.05, 4.69) is 48.4 Å². The van der Waals surface area contributed by atoms with Crippen molar-refractivity contribution < 1.29 is 4.79 Å². The maximum absolute atomic E-state index is 12.6. The van der Waals surface area contributed by atoms with Gasteiger partial charge in [0.2, 0.25) is 0 Å². The fourth-order valence-electron chi connectivity index (χ4n) is 2.72. The Labute approximate surface area is 130 Å². The molecule has 0 aliphatic carbocycles. The minimum atomic E-state index is -0.0372. The Bertz CT molecular complexity index is 787. The van der Waals surface area contributed by atoms with Gasteiger partial charge in [-0.15, -0.1) is 0 Å². The Balaban J connectivity index is 1.84. The van der Waals surface area contributed by atoms with Gasteiger partial charge in [0.25, 0.3) is 5.91 Å². The van der Waals surface area contributed by atoms with E-state index >= 15 is 0 Å². The first-order chi connectivity index (χ1) is 10.7. The van der Waals surface area contributed by atoms with Gasteiger partial charge in [-0.3, -0.25) is 4.79 Å². The highest BCUT2D eigenvalue weighted by Crippen LogP contribution is 2.21. The molecule has 0 saturated carbocycles. The predicted octanol–water partition coefficient (Wildman–Crippen LogP) is 4.36. The molecule has 3 nitrogen and oxygen atoms in total. The van der Waals surface area contributed by atoms with Crippen molar-refractivity contribution in [3.05, 3.63) is 71.4 Å². The average molecular weight is 292 g/mol. The first-order valence-corrected chi connectivity index (χ1v) is 7.62. The van der Waals surface area contributed by atoms with Gasteiger partial charge in [0.05, 0.1) is 11.6 Å². The lowest BCUT2D eigenvalue weighted by Crippen LogP contribution is -2.28. The van der Waals surface area contributed by atoms with Gasteiger partial charge >= 0.3 is 0 Å². The molecule has 0 spiro atoms. The molecule has 3 aromatic rings. The standard InChI is InChI=1S/C19H20N2O/c1-3-17(14-10-8-13(2)9-11-14)21-19(22)16-12-20-18-7-5-4-6-15(16)18/h4-12,17,20H,3H2,1-2H3,(H,21,22). The van der Waals surface area contributed by atoms with Gasteiger partial charge in [0.15, 0.2) is 0 Å². The summed E-state index contributed by atoms with van der Waals surface area (Å²) < 4.78 is 0. The molecule has 0 saturated heterocycles. The number of rotatable bonds is 4. The van der Waals surface area contributed by atoms with Crippen LogP contribution < -0.4 is 5.32 Å². The van der Waals surface area contributed by atoms with Crippen molar-refractivity contribution in [2.75, 3.05) is 0 Å². The summed E-state index contributed by atoms with van der Waals surface area (Å²) in [5, 5.41) is 4.10. The maximum Gasteiger partial charge on any atom is 0.253 e. The van der Waals surface area contributed by atoms with Gasteiger partial charge in [-0.1, -0.05) is 55.0 Å². The summed E-state index contributed by atoms with van der Waals surface area (Å²) in [7, 11) is 0. The van der Waals surface area contributed by atoms with Crippen molar-refractivity contribution in [1.82, 2.24) is 10.3 Å². The molecule has 3 heteroatoms. The smallest absolute Gasteiger partial charge is 0.253 e. The van der Waals surface area contributed by atoms with E-state index in [0.717, 1.165) is 22.9 Å². The van der Waals surface area contributed by atoms with Crippen LogP contribution in [0, 0.1) is 6.92 Å². The van der Waals surface area contributed by atoms with Gasteiger partial charge in [-0.2, -0.15) is 0 Å². The molecule has 2 aromatic carbocycles. The third-order valence-electron chi connectivity index (χ3n) is 4.03. The van der Waals surface area contributed by atoms with Crippen LogP contribution in [0.5, 0.6) is 0 Å². The highest BCUT2D eigenvalue weighted by molar-refractivity contribution is 6.06. The van der Waals surface area contributed by atoms with Crippen LogP contribution in [0.2, 0.25) is 0 Å². The largest absolute Gasteiger partial charge is 0.360 e. The number of para-hydroxylation sites is 1. The third kappa shape index (κ3) is 2.75. The quantitative estimate of drug-likeness (QED) is 0.737. The molecule has 112 valence electrons. The zero-order chi connectivity index (χ0) is 15.5. The van der Waals surface area contributed by atoms with Crippen molar-refractivity contribution in [3.8, 4) is 0 Å². The number of carbonyl (C=O) groups excluding carboxylic acids is 1. The lowest BCUT2D eigenvalue weighted by atomic mass is 10.0. The van der Waals surface area contributed by atoms with Gasteiger partial charge in [0, 0.05) is 17.1 Å². The van der Waals surface area contributed by atoms with Crippen LogP contribution in [0.3, 0.4) is 0 Å². The van der Waals surface area contributed by atoms with Crippen molar-refractivity contribution in [2.45, 2.75) is 26.3 Å². The minimum absolute atomic E-state index is 0.0294. The number of hydrogen-bond acceptors (Lipinski definition) is 1. The topological polar surface area (TPSA) is 44.9 Å². The Morgan fingerprint density at radius 3 is 2.59 bits per heavy atom. The second kappa shape index (κ2) is 6.06. The van der Waals surface area contributed by atoms with Crippen molar-refractivity contribution in [2.24, 2.45) is 0 Å². The predicted molar refractivity (Wildman–Crippen MR) is 90.0 cm³/mol. The van der Waals surface area contributed by atoms with E-state index in [0.29, 0.717) is 5.56 Å². The maximum atomic E-state index is 12.6. The number of carbonyl (C=O) groups is 1. The summed E-state index contributed by atoms with van der Waals surface area (Å²) in [4.78, 5) is 15.7. The summed E-state index contributed by atoms with van der Waals surface area (Å²) >= 11 is 0. The van der Waals surface area contributed by atoms with Crippen molar-refractivity contribution in [1.29, 1.82) is 0 Å². The zero-order valence-electron chi connectivity index (χ0n) is 12.9. The molecule has 1 aromatic heterocycles. The van der Waals surface area contributed by atoms with E-state index < -0.39 is 0 Å². The molecule has 0 bridgehead atoms. The summed E-state index contributed by atoms with van der Waals surface area (Å²) in [5.41, 5.74) is 4.04. The fraction of sp³-hybridized carbons (Fsp3) is 0.211. The first-order valence-electron chi connectivity index (χ1n) is 7.62. The Kier molecular flexibility index (Phi) is 3.96. The molecule has 0 aliphatic rings. The third-order valence-corrected chi connectivity index (χ3v) is 4.03. The summed E-state index contributed by atoms with van der Waals surface area (Å²) in [6.45, 7) is 4.15. The number of hydrogen-bond donors (Lipinski definition) is 2. The van der Waals surface area contributed by atoms with E-state index in [1.165, 1.54) is 5.56 Å². The van der Waals surface area contributed by atoms with Crippen LogP contribution in [-0.4, -0.2) is 10.9 Å². The monoisotopic (exact) mass is 292 g/mol. The number of aryl methyl sites for hydroxylation is 1. The van der Waals surface area contributed by atoms with E-state index in [1.54, 1.807) is 6.20 Å². The molecule has 1 atom stereocenters. The normalized spacial score (nSPS) is 12.3. The van der Waals surface area contributed by atoms with Crippen LogP contribution in [0.4, 0.5) is 0 Å². The molecule has 1 amide bonds. The highest BCUT2D eigenvalue weighted by Gasteiger charge is 2.16. The van der Waals surface area contributed by atoms with Crippen LogP contribution in [-0.2, 0) is 0 Å². The molecule has 1 unspecified atom stereocenters. The van der Waals surface area contributed by atoms with Gasteiger partial charge in [0.1, 0.15) is 0 Å². The lowest BCUT2D eigenvalue weighted by molar-refractivity contribution is 0.0937. The Morgan fingerprint density at radius 1 is 1.14 bits per heavy atom. The van der Waals surface area contributed by atoms with E-state index in [1.807, 2.05) is 24.3 Å². The van der Waals surface area contributed by atoms with Crippen LogP contribution in [0.25, 0.3) is 10.9 Å². The Morgan fingerprint density at radius 2 is 1.86 bits per heavy atom. The molecule has 0 fully saturated rings. The molecular formula is C19H20N2O. The number of nitrogens with one attached hydrogen (secondary N) is 2. The average Bonchev–Trinajstić information content (AvgIpc) is 2.97. The number of benzene rings is 2. The molecule has 0 aliphatic heterocycles. The number of H-pyrrole nitrogens is 1. The van der Waals surface area contributed by atoms with Crippen LogP contribution in [0.1, 0.15) is 40.9 Å². The zero-order valence-corrected chi connectivity index (χ0v) is 12.9. The number of amides is 1. The minimum Gasteiger partial charge on any atom is -0.360 e. The van der Waals surface area contributed by atoms with Gasteiger partial charge in [-0.25, -0.2) is 0 Å². The van der Waals surface area contributed by atoms with E-state index in [4.69, 9.17) is 0 Å². The highest BCUT2D eigenvalue weighted by atomic mass is 16.1. The molecule has 2 N–H and O–H groups in total. The molecular weight excluding hydrogens is 272 g/mol. The van der Waals surface area contributed by atoms with Crippen molar-refractivity contribution in [3.63, 3.8) is 0 Å². The molecule has 1 heterocycles. The summed E-state index contributed by atoms with van der Waals surface area (Å²) in [5.74, 6) is -0.0372.